The smallest absolute Gasteiger partial charge is 0.262 e. The number of anilines is 2. The summed E-state index contributed by atoms with van der Waals surface area (Å²) in [5, 5.41) is 6.84. The van der Waals surface area contributed by atoms with Crippen LogP contribution in [0, 0.1) is 17.8 Å². The molecule has 4 aliphatic rings. The Bertz CT molecular complexity index is 920. The molecule has 0 aliphatic heterocycles. The van der Waals surface area contributed by atoms with Crippen molar-refractivity contribution in [1.82, 2.24) is 0 Å². The zero-order valence-electron chi connectivity index (χ0n) is 17.1. The van der Waals surface area contributed by atoms with Crippen LogP contribution in [0.4, 0.5) is 11.4 Å². The van der Waals surface area contributed by atoms with Crippen LogP contribution in [-0.4, -0.2) is 24.3 Å². The van der Waals surface area contributed by atoms with Gasteiger partial charge in [0.05, 0.1) is 16.9 Å². The summed E-state index contributed by atoms with van der Waals surface area (Å²) in [4.78, 5) is 23.7. The maximum Gasteiger partial charge on any atom is 0.262 e. The molecule has 6 rings (SSSR count). The Balaban J connectivity index is 1.26. The van der Waals surface area contributed by atoms with Gasteiger partial charge in [-0.05, 0) is 80.5 Å². The van der Waals surface area contributed by atoms with E-state index in [1.807, 2.05) is 18.2 Å². The lowest BCUT2D eigenvalue weighted by molar-refractivity contribution is -0.118. The summed E-state index contributed by atoms with van der Waals surface area (Å²) in [6.45, 7) is -0.142. The van der Waals surface area contributed by atoms with Crippen molar-refractivity contribution in [3.05, 3.63) is 54.1 Å². The van der Waals surface area contributed by atoms with Crippen LogP contribution in [0.15, 0.2) is 48.5 Å². The predicted molar refractivity (Wildman–Crippen MR) is 117 cm³/mol. The third-order valence-corrected chi connectivity index (χ3v) is 7.04. The summed E-state index contributed by atoms with van der Waals surface area (Å²) in [7, 11) is 0. The Morgan fingerprint density at radius 2 is 1.53 bits per heavy atom. The van der Waals surface area contributed by atoms with Crippen molar-refractivity contribution >= 4 is 23.6 Å². The number of ether oxygens (including phenoxy) is 1. The molecule has 0 radical (unpaired) electrons. The molecule has 2 aromatic carbocycles. The van der Waals surface area contributed by atoms with Crippen LogP contribution in [0.3, 0.4) is 0 Å². The topological polar surface area (TPSA) is 67.4 Å². The van der Waals surface area contributed by atoms with Crippen LogP contribution in [0.25, 0.3) is 0 Å². The van der Waals surface area contributed by atoms with Gasteiger partial charge in [0, 0.05) is 5.54 Å². The molecule has 4 fully saturated rings. The van der Waals surface area contributed by atoms with Gasteiger partial charge in [0.2, 0.25) is 0 Å². The molecule has 0 spiro atoms. The minimum Gasteiger partial charge on any atom is -0.483 e. The normalized spacial score (nSPS) is 28.7. The number of amides is 1. The number of nitrogens with one attached hydrogen (secondary N) is 2. The molecule has 0 aromatic heterocycles. The van der Waals surface area contributed by atoms with Crippen molar-refractivity contribution in [3.63, 3.8) is 0 Å². The lowest BCUT2D eigenvalue weighted by Gasteiger charge is -2.57. The van der Waals surface area contributed by atoms with E-state index in [0.29, 0.717) is 11.3 Å². The van der Waals surface area contributed by atoms with E-state index in [-0.39, 0.29) is 18.1 Å². The quantitative estimate of drug-likeness (QED) is 0.644. The van der Waals surface area contributed by atoms with E-state index in [1.54, 1.807) is 24.3 Å². The number of benzene rings is 2. The van der Waals surface area contributed by atoms with Gasteiger partial charge >= 0.3 is 0 Å². The van der Waals surface area contributed by atoms with Crippen LogP contribution in [-0.2, 0) is 4.79 Å². The van der Waals surface area contributed by atoms with E-state index in [4.69, 9.17) is 4.74 Å². The molecule has 2 aromatic rings. The molecule has 1 amide bonds. The number of para-hydroxylation sites is 3. The molecule has 5 heteroatoms. The molecule has 2 N–H and O–H groups in total. The zero-order chi connectivity index (χ0) is 20.6. The molecule has 0 saturated heterocycles. The van der Waals surface area contributed by atoms with Crippen LogP contribution >= 0.6 is 0 Å². The standard InChI is InChI=1S/C25H28N2O3/c28-15-20-5-1-4-8-23(20)30-16-24(29)26-21-6-2-3-7-22(21)27-25-12-17-9-18(13-25)11-19(10-17)14-25/h1-8,15,17-19,27H,9-14,16H2,(H,26,29). The van der Waals surface area contributed by atoms with Crippen molar-refractivity contribution < 1.29 is 14.3 Å². The zero-order valence-corrected chi connectivity index (χ0v) is 17.1. The molecule has 4 saturated carbocycles. The first-order valence-corrected chi connectivity index (χ1v) is 11.0. The first-order valence-electron chi connectivity index (χ1n) is 11.0. The van der Waals surface area contributed by atoms with Crippen molar-refractivity contribution in [2.75, 3.05) is 17.2 Å². The van der Waals surface area contributed by atoms with E-state index in [0.717, 1.165) is 35.4 Å². The number of hydrogen-bond donors (Lipinski definition) is 2. The molecule has 4 aliphatic carbocycles. The minimum atomic E-state index is -0.240. The molecule has 0 heterocycles. The summed E-state index contributed by atoms with van der Waals surface area (Å²) in [5.41, 5.74) is 2.38. The molecule has 0 atom stereocenters. The summed E-state index contributed by atoms with van der Waals surface area (Å²) in [5.74, 6) is 2.75. The second kappa shape index (κ2) is 7.78. The fourth-order valence-electron chi connectivity index (χ4n) is 6.29. The molecular weight excluding hydrogens is 376 g/mol. The van der Waals surface area contributed by atoms with Gasteiger partial charge < -0.3 is 15.4 Å². The van der Waals surface area contributed by atoms with Crippen molar-refractivity contribution in [1.29, 1.82) is 0 Å². The van der Waals surface area contributed by atoms with Gasteiger partial charge in [-0.3, -0.25) is 9.59 Å². The van der Waals surface area contributed by atoms with Crippen LogP contribution < -0.4 is 15.4 Å². The lowest BCUT2D eigenvalue weighted by Crippen LogP contribution is -2.54. The van der Waals surface area contributed by atoms with Crippen LogP contribution in [0.2, 0.25) is 0 Å². The highest BCUT2D eigenvalue weighted by Gasteiger charge is 2.51. The van der Waals surface area contributed by atoms with Gasteiger partial charge in [-0.2, -0.15) is 0 Å². The van der Waals surface area contributed by atoms with E-state index in [1.165, 1.54) is 38.5 Å². The van der Waals surface area contributed by atoms with E-state index in [9.17, 15) is 9.59 Å². The molecule has 30 heavy (non-hydrogen) atoms. The van der Waals surface area contributed by atoms with E-state index >= 15 is 0 Å². The third-order valence-electron chi connectivity index (χ3n) is 7.04. The Labute approximate surface area is 177 Å². The third kappa shape index (κ3) is 3.81. The second-order valence-corrected chi connectivity index (χ2v) is 9.36. The Kier molecular flexibility index (Phi) is 4.97. The van der Waals surface area contributed by atoms with E-state index in [2.05, 4.69) is 16.7 Å². The monoisotopic (exact) mass is 404 g/mol. The van der Waals surface area contributed by atoms with Gasteiger partial charge in [-0.1, -0.05) is 24.3 Å². The molecule has 156 valence electrons. The fourth-order valence-corrected chi connectivity index (χ4v) is 6.29. The van der Waals surface area contributed by atoms with Crippen molar-refractivity contribution in [3.8, 4) is 5.75 Å². The van der Waals surface area contributed by atoms with Gasteiger partial charge in [-0.25, -0.2) is 0 Å². The van der Waals surface area contributed by atoms with Crippen LogP contribution in [0.1, 0.15) is 48.9 Å². The largest absolute Gasteiger partial charge is 0.483 e. The minimum absolute atomic E-state index is 0.142. The SMILES string of the molecule is O=Cc1ccccc1OCC(=O)Nc1ccccc1NC12CC3CC(CC(C3)C1)C2. The lowest BCUT2D eigenvalue weighted by atomic mass is 9.53. The molecule has 4 bridgehead atoms. The summed E-state index contributed by atoms with van der Waals surface area (Å²) < 4.78 is 5.57. The van der Waals surface area contributed by atoms with Gasteiger partial charge in [-0.15, -0.1) is 0 Å². The highest BCUT2D eigenvalue weighted by atomic mass is 16.5. The Morgan fingerprint density at radius 1 is 0.933 bits per heavy atom. The molecule has 5 nitrogen and oxygen atoms in total. The highest BCUT2D eigenvalue weighted by molar-refractivity contribution is 5.95. The predicted octanol–water partition coefficient (Wildman–Crippen LogP) is 4.90. The summed E-state index contributed by atoms with van der Waals surface area (Å²) in [6.07, 6.45) is 8.67. The number of aldehydes is 1. The van der Waals surface area contributed by atoms with E-state index < -0.39 is 0 Å². The first-order chi connectivity index (χ1) is 14.6. The molecular formula is C25H28N2O3. The van der Waals surface area contributed by atoms with Crippen molar-refractivity contribution in [2.45, 2.75) is 44.1 Å². The maximum absolute atomic E-state index is 12.5. The van der Waals surface area contributed by atoms with Gasteiger partial charge in [0.15, 0.2) is 12.9 Å². The summed E-state index contributed by atoms with van der Waals surface area (Å²) in [6, 6.07) is 14.8. The Hall–Kier alpha value is -2.82. The molecule has 0 unspecified atom stereocenters. The summed E-state index contributed by atoms with van der Waals surface area (Å²) >= 11 is 0. The van der Waals surface area contributed by atoms with Crippen molar-refractivity contribution in [2.24, 2.45) is 17.8 Å². The average Bonchev–Trinajstić information content (AvgIpc) is 2.72. The average molecular weight is 405 g/mol. The number of rotatable bonds is 7. The number of carbonyl (C=O) groups excluding carboxylic acids is 2. The second-order valence-electron chi connectivity index (χ2n) is 9.36. The number of hydrogen-bond acceptors (Lipinski definition) is 4. The number of carbonyl (C=O) groups is 2. The van der Waals surface area contributed by atoms with Gasteiger partial charge in [0.1, 0.15) is 5.75 Å². The first kappa shape index (κ1) is 19.2. The van der Waals surface area contributed by atoms with Gasteiger partial charge in [0.25, 0.3) is 5.91 Å². The highest BCUT2D eigenvalue weighted by Crippen LogP contribution is 2.56. The maximum atomic E-state index is 12.5. The fraction of sp³-hybridized carbons (Fsp3) is 0.440. The Morgan fingerprint density at radius 3 is 2.20 bits per heavy atom. The van der Waals surface area contributed by atoms with Crippen LogP contribution in [0.5, 0.6) is 5.75 Å².